The summed E-state index contributed by atoms with van der Waals surface area (Å²) < 4.78 is 5.42. The maximum atomic E-state index is 10.4. The summed E-state index contributed by atoms with van der Waals surface area (Å²) in [6, 6.07) is 14.2. The van der Waals surface area contributed by atoms with E-state index < -0.39 is 6.10 Å². The lowest BCUT2D eigenvalue weighted by Gasteiger charge is -2.27. The van der Waals surface area contributed by atoms with E-state index in [-0.39, 0.29) is 5.75 Å². The van der Waals surface area contributed by atoms with Crippen molar-refractivity contribution in [2.75, 3.05) is 25.0 Å². The molecule has 5 nitrogen and oxygen atoms in total. The Kier molecular flexibility index (Phi) is 7.03. The lowest BCUT2D eigenvalue weighted by molar-refractivity contribution is 0.146. The number of phenols is 1. The molecule has 0 fully saturated rings. The van der Waals surface area contributed by atoms with E-state index in [1.54, 1.807) is 24.3 Å². The standard InChI is InChI=1S/C19H24N2O3S/c1-3-21(13-18(23)14-6-5-7-16(22)12-14)19(25)20-15-8-10-17(11-9-15)24-4-2/h5-12,18,22-23H,3-4,13H2,1-2H3,(H,20,25). The van der Waals surface area contributed by atoms with Gasteiger partial charge in [-0.05, 0) is 68.0 Å². The van der Waals surface area contributed by atoms with Gasteiger partial charge in [-0.1, -0.05) is 12.1 Å². The number of rotatable bonds is 7. The monoisotopic (exact) mass is 360 g/mol. The summed E-state index contributed by atoms with van der Waals surface area (Å²) in [5.41, 5.74) is 1.51. The molecule has 0 aromatic heterocycles. The Balaban J connectivity index is 1.98. The summed E-state index contributed by atoms with van der Waals surface area (Å²) in [5, 5.41) is 23.6. The van der Waals surface area contributed by atoms with E-state index >= 15 is 0 Å². The molecule has 1 unspecified atom stereocenters. The molecular formula is C19H24N2O3S. The first kappa shape index (κ1) is 19.0. The van der Waals surface area contributed by atoms with E-state index in [9.17, 15) is 10.2 Å². The second-order valence-electron chi connectivity index (χ2n) is 5.54. The highest BCUT2D eigenvalue weighted by Crippen LogP contribution is 2.20. The van der Waals surface area contributed by atoms with Crippen LogP contribution in [0.4, 0.5) is 5.69 Å². The number of hydrogen-bond donors (Lipinski definition) is 3. The lowest BCUT2D eigenvalue weighted by Crippen LogP contribution is -2.37. The number of anilines is 1. The first-order valence-electron chi connectivity index (χ1n) is 8.29. The van der Waals surface area contributed by atoms with Crippen LogP contribution < -0.4 is 10.1 Å². The van der Waals surface area contributed by atoms with Crippen molar-refractivity contribution in [1.29, 1.82) is 0 Å². The zero-order chi connectivity index (χ0) is 18.2. The van der Waals surface area contributed by atoms with Crippen LogP contribution in [0, 0.1) is 0 Å². The number of aliphatic hydroxyl groups excluding tert-OH is 1. The third-order valence-corrected chi connectivity index (χ3v) is 4.09. The van der Waals surface area contributed by atoms with Crippen molar-refractivity contribution in [2.24, 2.45) is 0 Å². The molecule has 0 bridgehead atoms. The second-order valence-corrected chi connectivity index (χ2v) is 5.92. The van der Waals surface area contributed by atoms with Crippen LogP contribution in [0.25, 0.3) is 0 Å². The molecule has 3 N–H and O–H groups in total. The molecule has 0 spiro atoms. The minimum absolute atomic E-state index is 0.134. The van der Waals surface area contributed by atoms with Crippen LogP contribution in [0.2, 0.25) is 0 Å². The summed E-state index contributed by atoms with van der Waals surface area (Å²) in [5.74, 6) is 0.945. The van der Waals surface area contributed by atoms with Gasteiger partial charge in [-0.3, -0.25) is 0 Å². The number of phenolic OH excluding ortho intramolecular Hbond substituents is 1. The van der Waals surface area contributed by atoms with Crippen LogP contribution in [-0.4, -0.2) is 39.9 Å². The molecule has 0 aliphatic rings. The van der Waals surface area contributed by atoms with Crippen molar-refractivity contribution in [3.05, 3.63) is 54.1 Å². The van der Waals surface area contributed by atoms with E-state index in [0.29, 0.717) is 30.4 Å². The molecule has 2 rings (SSSR count). The number of likely N-dealkylation sites (N-methyl/N-ethyl adjacent to an activating group) is 1. The average Bonchev–Trinajstić information content (AvgIpc) is 2.61. The highest BCUT2D eigenvalue weighted by molar-refractivity contribution is 7.80. The molecule has 0 aliphatic heterocycles. The number of nitrogens with zero attached hydrogens (tertiary/aromatic N) is 1. The fourth-order valence-electron chi connectivity index (χ4n) is 2.41. The van der Waals surface area contributed by atoms with Crippen LogP contribution in [0.15, 0.2) is 48.5 Å². The predicted octanol–water partition coefficient (Wildman–Crippen LogP) is 3.54. The zero-order valence-electron chi connectivity index (χ0n) is 14.5. The minimum atomic E-state index is -0.743. The number of nitrogens with one attached hydrogen (secondary N) is 1. The second kappa shape index (κ2) is 9.25. The molecule has 0 heterocycles. The molecule has 134 valence electrons. The Labute approximate surface area is 153 Å². The molecule has 1 atom stereocenters. The molecule has 0 saturated heterocycles. The summed E-state index contributed by atoms with van der Waals surface area (Å²) in [4.78, 5) is 1.88. The molecule has 6 heteroatoms. The smallest absolute Gasteiger partial charge is 0.173 e. The molecule has 0 radical (unpaired) electrons. The van der Waals surface area contributed by atoms with Gasteiger partial charge in [0.25, 0.3) is 0 Å². The van der Waals surface area contributed by atoms with Gasteiger partial charge in [-0.25, -0.2) is 0 Å². The molecule has 0 aliphatic carbocycles. The zero-order valence-corrected chi connectivity index (χ0v) is 15.3. The Bertz CT molecular complexity index is 691. The minimum Gasteiger partial charge on any atom is -0.508 e. The third-order valence-electron chi connectivity index (χ3n) is 3.73. The number of aliphatic hydroxyl groups is 1. The fourth-order valence-corrected chi connectivity index (χ4v) is 2.73. The number of hydrogen-bond acceptors (Lipinski definition) is 4. The maximum absolute atomic E-state index is 10.4. The van der Waals surface area contributed by atoms with E-state index in [4.69, 9.17) is 17.0 Å². The Morgan fingerprint density at radius 1 is 1.20 bits per heavy atom. The van der Waals surface area contributed by atoms with Crippen LogP contribution in [0.1, 0.15) is 25.5 Å². The number of benzene rings is 2. The van der Waals surface area contributed by atoms with E-state index in [1.165, 1.54) is 0 Å². The number of aromatic hydroxyl groups is 1. The fraction of sp³-hybridized carbons (Fsp3) is 0.316. The van der Waals surface area contributed by atoms with Gasteiger partial charge in [0, 0.05) is 12.2 Å². The van der Waals surface area contributed by atoms with Gasteiger partial charge in [-0.15, -0.1) is 0 Å². The Hall–Kier alpha value is -2.31. The van der Waals surface area contributed by atoms with E-state index in [1.807, 2.05) is 43.0 Å². The van der Waals surface area contributed by atoms with Crippen molar-refractivity contribution in [2.45, 2.75) is 20.0 Å². The van der Waals surface area contributed by atoms with Crippen molar-refractivity contribution in [3.63, 3.8) is 0 Å². The number of ether oxygens (including phenoxy) is 1. The molecule has 2 aromatic carbocycles. The summed E-state index contributed by atoms with van der Waals surface area (Å²) in [7, 11) is 0. The van der Waals surface area contributed by atoms with Gasteiger partial charge in [0.05, 0.1) is 19.3 Å². The Morgan fingerprint density at radius 2 is 1.92 bits per heavy atom. The van der Waals surface area contributed by atoms with Crippen LogP contribution >= 0.6 is 12.2 Å². The summed E-state index contributed by atoms with van der Waals surface area (Å²) in [6.07, 6.45) is -0.743. The molecule has 2 aromatic rings. The molecule has 0 saturated carbocycles. The van der Waals surface area contributed by atoms with Gasteiger partial charge in [0.15, 0.2) is 5.11 Å². The number of thiocarbonyl (C=S) groups is 1. The first-order chi connectivity index (χ1) is 12.0. The van der Waals surface area contributed by atoms with Crippen molar-refractivity contribution in [3.8, 4) is 11.5 Å². The summed E-state index contributed by atoms with van der Waals surface area (Å²) in [6.45, 7) is 5.53. The normalized spacial score (nSPS) is 11.6. The van der Waals surface area contributed by atoms with Crippen molar-refractivity contribution < 1.29 is 14.9 Å². The van der Waals surface area contributed by atoms with Crippen LogP contribution in [0.3, 0.4) is 0 Å². The topological polar surface area (TPSA) is 65.0 Å². The van der Waals surface area contributed by atoms with Gasteiger partial charge >= 0.3 is 0 Å². The van der Waals surface area contributed by atoms with E-state index in [2.05, 4.69) is 5.32 Å². The maximum Gasteiger partial charge on any atom is 0.173 e. The quantitative estimate of drug-likeness (QED) is 0.657. The SMILES string of the molecule is CCOc1ccc(NC(=S)N(CC)CC(O)c2cccc(O)c2)cc1. The van der Waals surface area contributed by atoms with Gasteiger partial charge in [0.1, 0.15) is 11.5 Å². The largest absolute Gasteiger partial charge is 0.508 e. The van der Waals surface area contributed by atoms with Gasteiger partial charge in [-0.2, -0.15) is 0 Å². The highest BCUT2D eigenvalue weighted by Gasteiger charge is 2.15. The Morgan fingerprint density at radius 3 is 2.52 bits per heavy atom. The predicted molar refractivity (Wildman–Crippen MR) is 104 cm³/mol. The average molecular weight is 360 g/mol. The van der Waals surface area contributed by atoms with Gasteiger partial charge in [0.2, 0.25) is 0 Å². The van der Waals surface area contributed by atoms with E-state index in [0.717, 1.165) is 11.4 Å². The van der Waals surface area contributed by atoms with Crippen molar-refractivity contribution in [1.82, 2.24) is 4.90 Å². The van der Waals surface area contributed by atoms with Crippen molar-refractivity contribution >= 4 is 23.0 Å². The third kappa shape index (κ3) is 5.62. The highest BCUT2D eigenvalue weighted by atomic mass is 32.1. The molecular weight excluding hydrogens is 336 g/mol. The molecule has 25 heavy (non-hydrogen) atoms. The van der Waals surface area contributed by atoms with Gasteiger partial charge < -0.3 is 25.2 Å². The lowest BCUT2D eigenvalue weighted by atomic mass is 10.1. The molecule has 0 amide bonds. The van der Waals surface area contributed by atoms with Crippen LogP contribution in [-0.2, 0) is 0 Å². The summed E-state index contributed by atoms with van der Waals surface area (Å²) >= 11 is 5.46. The first-order valence-corrected chi connectivity index (χ1v) is 8.70. The van der Waals surface area contributed by atoms with Crippen LogP contribution in [0.5, 0.6) is 11.5 Å².